The summed E-state index contributed by atoms with van der Waals surface area (Å²) >= 11 is 0. The van der Waals surface area contributed by atoms with Crippen LogP contribution in [0.4, 0.5) is 11.6 Å². The summed E-state index contributed by atoms with van der Waals surface area (Å²) in [6.45, 7) is 4.77. The zero-order valence-electron chi connectivity index (χ0n) is 14.3. The second kappa shape index (κ2) is 6.36. The number of hydrogen-bond donors (Lipinski definition) is 1. The van der Waals surface area contributed by atoms with Crippen molar-refractivity contribution < 1.29 is 4.40 Å². The standard InChI is InChI=1S/C20H20N5/c1-15-13-21-16(2)19-24(14-17-9-5-3-6-10-17)23-20(25(15)19)22-18-11-7-4-8-12-18/h3-13H,14H2,1-2H3,(H,22,23)/q+1. The van der Waals surface area contributed by atoms with Crippen molar-refractivity contribution in [1.29, 1.82) is 0 Å². The first-order valence-electron chi connectivity index (χ1n) is 8.33. The fourth-order valence-electron chi connectivity index (χ4n) is 3.01. The highest BCUT2D eigenvalue weighted by Crippen LogP contribution is 2.15. The Morgan fingerprint density at radius 2 is 1.64 bits per heavy atom. The lowest BCUT2D eigenvalue weighted by molar-refractivity contribution is -0.505. The average molecular weight is 330 g/mol. The van der Waals surface area contributed by atoms with Gasteiger partial charge in [-0.15, -0.1) is 4.68 Å². The molecule has 4 rings (SSSR count). The van der Waals surface area contributed by atoms with E-state index in [0.29, 0.717) is 6.54 Å². The van der Waals surface area contributed by atoms with Crippen molar-refractivity contribution in [1.82, 2.24) is 14.8 Å². The molecule has 4 aromatic rings. The molecule has 0 atom stereocenters. The normalized spacial score (nSPS) is 11.0. The molecule has 0 radical (unpaired) electrons. The van der Waals surface area contributed by atoms with Gasteiger partial charge >= 0.3 is 5.95 Å². The molecule has 25 heavy (non-hydrogen) atoms. The first-order chi connectivity index (χ1) is 12.2. The van der Waals surface area contributed by atoms with E-state index in [1.807, 2.05) is 73.3 Å². The van der Waals surface area contributed by atoms with Gasteiger partial charge in [-0.2, -0.15) is 4.40 Å². The fourth-order valence-corrected chi connectivity index (χ4v) is 3.01. The number of anilines is 2. The Morgan fingerprint density at radius 3 is 2.36 bits per heavy atom. The predicted molar refractivity (Wildman–Crippen MR) is 97.9 cm³/mol. The molecule has 0 unspecified atom stereocenters. The van der Waals surface area contributed by atoms with Crippen molar-refractivity contribution in [3.63, 3.8) is 0 Å². The summed E-state index contributed by atoms with van der Waals surface area (Å²) in [5, 5.41) is 8.25. The molecule has 0 bridgehead atoms. The summed E-state index contributed by atoms with van der Waals surface area (Å²) in [6, 6.07) is 20.4. The highest BCUT2D eigenvalue weighted by molar-refractivity contribution is 5.52. The molecule has 0 spiro atoms. The van der Waals surface area contributed by atoms with Gasteiger partial charge in [0, 0.05) is 5.10 Å². The highest BCUT2D eigenvalue weighted by atomic mass is 15.4. The third-order valence-electron chi connectivity index (χ3n) is 4.21. The number of rotatable bonds is 4. The van der Waals surface area contributed by atoms with Crippen LogP contribution in [0.3, 0.4) is 0 Å². The summed E-state index contributed by atoms with van der Waals surface area (Å²) in [5.74, 6) is 0.792. The molecule has 0 aliphatic rings. The van der Waals surface area contributed by atoms with Gasteiger partial charge < -0.3 is 0 Å². The molecule has 2 aromatic heterocycles. The number of benzene rings is 2. The number of aryl methyl sites for hydroxylation is 2. The summed E-state index contributed by atoms with van der Waals surface area (Å²) in [4.78, 5) is 4.52. The Labute approximate surface area is 146 Å². The lowest BCUT2D eigenvalue weighted by Crippen LogP contribution is -2.29. The number of nitrogens with one attached hydrogen (secondary N) is 1. The predicted octanol–water partition coefficient (Wildman–Crippen LogP) is 3.43. The topological polar surface area (TPSA) is 46.8 Å². The Morgan fingerprint density at radius 1 is 0.960 bits per heavy atom. The van der Waals surface area contributed by atoms with Crippen molar-refractivity contribution in [2.45, 2.75) is 20.4 Å². The van der Waals surface area contributed by atoms with Crippen LogP contribution in [0, 0.1) is 13.8 Å². The molecular formula is C20H20N5+. The van der Waals surface area contributed by atoms with Gasteiger partial charge in [0.1, 0.15) is 12.2 Å². The number of nitrogens with zero attached hydrogens (tertiary/aromatic N) is 4. The van der Waals surface area contributed by atoms with Gasteiger partial charge in [-0.3, -0.25) is 10.3 Å². The highest BCUT2D eigenvalue weighted by Gasteiger charge is 2.23. The van der Waals surface area contributed by atoms with Gasteiger partial charge in [0.15, 0.2) is 0 Å². The van der Waals surface area contributed by atoms with Crippen LogP contribution in [0.1, 0.15) is 17.0 Å². The Kier molecular flexibility index (Phi) is 3.90. The van der Waals surface area contributed by atoms with Gasteiger partial charge in [0.05, 0.1) is 17.6 Å². The van der Waals surface area contributed by atoms with Crippen molar-refractivity contribution in [2.24, 2.45) is 0 Å². The molecule has 124 valence electrons. The third-order valence-corrected chi connectivity index (χ3v) is 4.21. The molecule has 0 amide bonds. The zero-order valence-corrected chi connectivity index (χ0v) is 14.3. The summed E-state index contributed by atoms with van der Waals surface area (Å²) < 4.78 is 4.13. The van der Waals surface area contributed by atoms with E-state index in [0.717, 1.165) is 28.7 Å². The number of aromatic nitrogens is 4. The van der Waals surface area contributed by atoms with Crippen LogP contribution in [-0.2, 0) is 6.54 Å². The van der Waals surface area contributed by atoms with Crippen LogP contribution in [0.2, 0.25) is 0 Å². The van der Waals surface area contributed by atoms with E-state index in [1.165, 1.54) is 5.56 Å². The third kappa shape index (κ3) is 2.96. The quantitative estimate of drug-likeness (QED) is 0.583. The Balaban J connectivity index is 1.84. The molecular weight excluding hydrogens is 310 g/mol. The lowest BCUT2D eigenvalue weighted by atomic mass is 10.2. The van der Waals surface area contributed by atoms with Gasteiger partial charge in [0.25, 0.3) is 5.65 Å². The van der Waals surface area contributed by atoms with E-state index in [2.05, 4.69) is 26.8 Å². The van der Waals surface area contributed by atoms with Gasteiger partial charge in [-0.1, -0.05) is 48.5 Å². The van der Waals surface area contributed by atoms with Crippen LogP contribution in [0.15, 0.2) is 66.9 Å². The lowest BCUT2D eigenvalue weighted by Gasteiger charge is -2.02. The zero-order chi connectivity index (χ0) is 17.2. The van der Waals surface area contributed by atoms with E-state index in [4.69, 9.17) is 5.10 Å². The maximum atomic E-state index is 4.83. The van der Waals surface area contributed by atoms with Crippen molar-refractivity contribution in [3.8, 4) is 0 Å². The Bertz CT molecular complexity index is 925. The van der Waals surface area contributed by atoms with Crippen molar-refractivity contribution >= 4 is 17.3 Å². The van der Waals surface area contributed by atoms with Crippen LogP contribution < -0.4 is 9.72 Å². The molecule has 5 heteroatoms. The van der Waals surface area contributed by atoms with Crippen LogP contribution >= 0.6 is 0 Å². The van der Waals surface area contributed by atoms with Crippen LogP contribution in [0.5, 0.6) is 0 Å². The number of fused-ring (bicyclic) bond motifs is 1. The summed E-state index contributed by atoms with van der Waals surface area (Å²) in [7, 11) is 0. The van der Waals surface area contributed by atoms with Gasteiger partial charge in [-0.25, -0.2) is 0 Å². The molecule has 0 saturated heterocycles. The monoisotopic (exact) mass is 330 g/mol. The molecule has 0 aliphatic heterocycles. The number of hydrogen-bond acceptors (Lipinski definition) is 3. The van der Waals surface area contributed by atoms with E-state index in [-0.39, 0.29) is 0 Å². The molecule has 2 aromatic carbocycles. The molecule has 1 N–H and O–H groups in total. The van der Waals surface area contributed by atoms with Gasteiger partial charge in [0.2, 0.25) is 0 Å². The van der Waals surface area contributed by atoms with Crippen molar-refractivity contribution in [3.05, 3.63) is 83.8 Å². The first-order valence-corrected chi connectivity index (χ1v) is 8.33. The summed E-state index contributed by atoms with van der Waals surface area (Å²) in [6.07, 6.45) is 1.88. The minimum Gasteiger partial charge on any atom is -0.260 e. The molecule has 2 heterocycles. The minimum absolute atomic E-state index is 0.701. The SMILES string of the molecule is Cc1ncc(C)[n+]2c(Nc3ccccc3)nn(Cc3ccccc3)c12. The average Bonchev–Trinajstić information content (AvgIpc) is 2.99. The summed E-state index contributed by atoms with van der Waals surface area (Å²) in [5.41, 5.74) is 5.21. The Hall–Kier alpha value is -3.21. The second-order valence-corrected chi connectivity index (χ2v) is 6.10. The van der Waals surface area contributed by atoms with Crippen molar-refractivity contribution in [2.75, 3.05) is 5.32 Å². The van der Waals surface area contributed by atoms with E-state index in [1.54, 1.807) is 0 Å². The smallest absolute Gasteiger partial charge is 0.260 e. The molecule has 5 nitrogen and oxygen atoms in total. The van der Waals surface area contributed by atoms with E-state index in [9.17, 15) is 0 Å². The largest absolute Gasteiger partial charge is 0.387 e. The molecule has 0 saturated carbocycles. The minimum atomic E-state index is 0.701. The molecule has 0 aliphatic carbocycles. The maximum Gasteiger partial charge on any atom is 0.387 e. The molecule has 0 fully saturated rings. The number of para-hydroxylation sites is 1. The maximum absolute atomic E-state index is 4.83. The fraction of sp³-hybridized carbons (Fsp3) is 0.150. The van der Waals surface area contributed by atoms with E-state index < -0.39 is 0 Å². The van der Waals surface area contributed by atoms with Gasteiger partial charge in [-0.05, 0) is 31.5 Å². The van der Waals surface area contributed by atoms with E-state index >= 15 is 0 Å². The van der Waals surface area contributed by atoms with Crippen LogP contribution in [0.25, 0.3) is 5.65 Å². The second-order valence-electron chi connectivity index (χ2n) is 6.10. The first kappa shape index (κ1) is 15.3. The van der Waals surface area contributed by atoms with Crippen LogP contribution in [-0.4, -0.2) is 14.8 Å².